The molecule has 7 nitrogen and oxygen atoms in total. The summed E-state index contributed by atoms with van der Waals surface area (Å²) in [5, 5.41) is 0. The zero-order chi connectivity index (χ0) is 18.0. The molecule has 9 heteroatoms. The second-order valence-electron chi connectivity index (χ2n) is 5.72. The average Bonchev–Trinajstić information content (AvgIpc) is 2.86. The van der Waals surface area contributed by atoms with Crippen molar-refractivity contribution in [2.24, 2.45) is 0 Å². The van der Waals surface area contributed by atoms with Gasteiger partial charge in [0, 0.05) is 24.7 Å². The second kappa shape index (κ2) is 7.20. The average molecular weight is 374 g/mol. The summed E-state index contributed by atoms with van der Waals surface area (Å²) in [6.07, 6.45) is 0.278. The van der Waals surface area contributed by atoms with Crippen LogP contribution >= 0.6 is 0 Å². The van der Waals surface area contributed by atoms with Crippen molar-refractivity contribution in [3.05, 3.63) is 29.8 Å². The topological polar surface area (TPSA) is 101 Å². The van der Waals surface area contributed by atoms with Gasteiger partial charge in [0.25, 0.3) is 5.91 Å². The first-order valence-electron chi connectivity index (χ1n) is 7.80. The van der Waals surface area contributed by atoms with Crippen LogP contribution in [0.3, 0.4) is 0 Å². The van der Waals surface area contributed by atoms with Crippen LogP contribution in [0.5, 0.6) is 0 Å². The van der Waals surface area contributed by atoms with Crippen LogP contribution in [0.4, 0.5) is 0 Å². The lowest BCUT2D eigenvalue weighted by molar-refractivity contribution is 0.0773. The Morgan fingerprint density at radius 1 is 1.21 bits per heavy atom. The first kappa shape index (κ1) is 18.9. The lowest BCUT2D eigenvalue weighted by atomic mass is 10.2. The highest BCUT2D eigenvalue weighted by Gasteiger charge is 2.31. The molecule has 1 heterocycles. The van der Waals surface area contributed by atoms with Gasteiger partial charge in [0.15, 0.2) is 9.84 Å². The number of nitrogens with one attached hydrogen (secondary N) is 1. The van der Waals surface area contributed by atoms with E-state index in [1.165, 1.54) is 24.3 Å². The third-order valence-electron chi connectivity index (χ3n) is 4.02. The first-order valence-corrected chi connectivity index (χ1v) is 11.1. The summed E-state index contributed by atoms with van der Waals surface area (Å²) in [7, 11) is -6.97. The number of nitrogens with zero attached hydrogens (tertiary/aromatic N) is 1. The summed E-state index contributed by atoms with van der Waals surface area (Å²) in [5.41, 5.74) is 0.418. The number of carbonyl (C=O) groups is 1. The molecule has 1 fully saturated rings. The maximum absolute atomic E-state index is 12.3. The van der Waals surface area contributed by atoms with Crippen LogP contribution in [-0.2, 0) is 19.9 Å². The van der Waals surface area contributed by atoms with E-state index < -0.39 is 25.9 Å². The number of rotatable bonds is 6. The summed E-state index contributed by atoms with van der Waals surface area (Å²) in [5.74, 6) is -0.332. The molecule has 1 aliphatic heterocycles. The molecule has 0 saturated carbocycles. The lowest BCUT2D eigenvalue weighted by Gasteiger charge is -2.18. The van der Waals surface area contributed by atoms with Crippen molar-refractivity contribution < 1.29 is 21.6 Å². The van der Waals surface area contributed by atoms with Crippen molar-refractivity contribution in [3.63, 3.8) is 0 Å². The van der Waals surface area contributed by atoms with E-state index in [1.54, 1.807) is 4.90 Å². The monoisotopic (exact) mass is 374 g/mol. The minimum Gasteiger partial charge on any atom is -0.339 e. The summed E-state index contributed by atoms with van der Waals surface area (Å²) < 4.78 is 49.9. The number of amides is 1. The molecular formula is C15H22N2O5S2. The van der Waals surface area contributed by atoms with Gasteiger partial charge in [-0.2, -0.15) is 0 Å². The van der Waals surface area contributed by atoms with Crippen LogP contribution < -0.4 is 4.72 Å². The fourth-order valence-corrected chi connectivity index (χ4v) is 5.69. The fourth-order valence-electron chi connectivity index (χ4n) is 2.65. The molecule has 0 aromatic heterocycles. The van der Waals surface area contributed by atoms with Crippen molar-refractivity contribution in [2.45, 2.75) is 31.2 Å². The maximum Gasteiger partial charge on any atom is 0.253 e. The Bertz CT molecular complexity index is 797. The van der Waals surface area contributed by atoms with Gasteiger partial charge in [0.1, 0.15) is 0 Å². The molecule has 1 N–H and O–H groups in total. The number of hydrogen-bond donors (Lipinski definition) is 1. The van der Waals surface area contributed by atoms with Crippen LogP contribution in [0.15, 0.2) is 29.2 Å². The molecule has 1 aromatic rings. The quantitative estimate of drug-likeness (QED) is 0.787. The molecule has 1 aliphatic rings. The van der Waals surface area contributed by atoms with Crippen molar-refractivity contribution in [2.75, 3.05) is 24.6 Å². The van der Waals surface area contributed by atoms with Crippen molar-refractivity contribution in [1.82, 2.24) is 9.62 Å². The van der Waals surface area contributed by atoms with E-state index >= 15 is 0 Å². The van der Waals surface area contributed by atoms with Crippen molar-refractivity contribution in [3.8, 4) is 0 Å². The van der Waals surface area contributed by atoms with Crippen molar-refractivity contribution in [1.29, 1.82) is 0 Å². The van der Waals surface area contributed by atoms with Gasteiger partial charge in [-0.15, -0.1) is 0 Å². The molecule has 1 amide bonds. The SMILES string of the molecule is CCN(CC)C(=O)c1ccc(S(=O)(=O)N[C@@H]2CCS(=O)(=O)C2)cc1. The summed E-state index contributed by atoms with van der Waals surface area (Å²) >= 11 is 0. The van der Waals surface area contributed by atoms with Crippen LogP contribution in [0, 0.1) is 0 Å². The van der Waals surface area contributed by atoms with Crippen LogP contribution in [0.25, 0.3) is 0 Å². The van der Waals surface area contributed by atoms with E-state index in [2.05, 4.69) is 4.72 Å². The van der Waals surface area contributed by atoms with Crippen LogP contribution in [0.1, 0.15) is 30.6 Å². The highest BCUT2D eigenvalue weighted by molar-refractivity contribution is 7.92. The molecule has 24 heavy (non-hydrogen) atoms. The summed E-state index contributed by atoms with van der Waals surface area (Å²) in [6.45, 7) is 4.90. The van der Waals surface area contributed by atoms with Gasteiger partial charge in [-0.25, -0.2) is 21.6 Å². The second-order valence-corrected chi connectivity index (χ2v) is 9.67. The number of hydrogen-bond acceptors (Lipinski definition) is 5. The van der Waals surface area contributed by atoms with E-state index in [0.717, 1.165) is 0 Å². The van der Waals surface area contributed by atoms with Gasteiger partial charge >= 0.3 is 0 Å². The van der Waals surface area contributed by atoms with Crippen LogP contribution in [-0.4, -0.2) is 58.3 Å². The van der Waals surface area contributed by atoms with E-state index in [9.17, 15) is 21.6 Å². The predicted molar refractivity (Wildman–Crippen MR) is 91.1 cm³/mol. The predicted octanol–water partition coefficient (Wildman–Crippen LogP) is 0.634. The smallest absolute Gasteiger partial charge is 0.253 e. The fraction of sp³-hybridized carbons (Fsp3) is 0.533. The number of sulfonamides is 1. The van der Waals surface area contributed by atoms with E-state index in [1.807, 2.05) is 13.8 Å². The largest absolute Gasteiger partial charge is 0.339 e. The Morgan fingerprint density at radius 3 is 2.25 bits per heavy atom. The normalized spacial score (nSPS) is 20.0. The molecule has 0 bridgehead atoms. The Kier molecular flexibility index (Phi) is 5.67. The molecule has 0 radical (unpaired) electrons. The minimum atomic E-state index is -3.81. The van der Waals surface area contributed by atoms with Crippen molar-refractivity contribution >= 4 is 25.8 Å². The van der Waals surface area contributed by atoms with Gasteiger partial charge in [-0.05, 0) is 44.5 Å². The molecule has 134 valence electrons. The Labute approximate surface area is 143 Å². The summed E-state index contributed by atoms with van der Waals surface area (Å²) in [6, 6.07) is 5.07. The third-order valence-corrected chi connectivity index (χ3v) is 7.32. The van der Waals surface area contributed by atoms with Gasteiger partial charge in [-0.1, -0.05) is 0 Å². The molecule has 0 spiro atoms. The molecule has 0 aliphatic carbocycles. The summed E-state index contributed by atoms with van der Waals surface area (Å²) in [4.78, 5) is 13.9. The molecular weight excluding hydrogens is 352 g/mol. The van der Waals surface area contributed by atoms with E-state index in [4.69, 9.17) is 0 Å². The molecule has 1 saturated heterocycles. The molecule has 0 unspecified atom stereocenters. The van der Waals surface area contributed by atoms with Gasteiger partial charge in [0.2, 0.25) is 10.0 Å². The number of sulfone groups is 1. The zero-order valence-electron chi connectivity index (χ0n) is 13.7. The van der Waals surface area contributed by atoms with E-state index in [0.29, 0.717) is 18.7 Å². The standard InChI is InChI=1S/C15H22N2O5S2/c1-3-17(4-2)15(18)12-5-7-14(8-6-12)24(21,22)16-13-9-10-23(19,20)11-13/h5-8,13,16H,3-4,9-11H2,1-2H3/t13-/m1/s1. The minimum absolute atomic E-state index is 0.00248. The first-order chi connectivity index (χ1) is 11.2. The highest BCUT2D eigenvalue weighted by Crippen LogP contribution is 2.17. The lowest BCUT2D eigenvalue weighted by Crippen LogP contribution is -2.35. The van der Waals surface area contributed by atoms with E-state index in [-0.39, 0.29) is 28.7 Å². The van der Waals surface area contributed by atoms with Gasteiger partial charge in [-0.3, -0.25) is 4.79 Å². The van der Waals surface area contributed by atoms with Gasteiger partial charge in [0.05, 0.1) is 16.4 Å². The maximum atomic E-state index is 12.3. The molecule has 1 aromatic carbocycles. The highest BCUT2D eigenvalue weighted by atomic mass is 32.2. The Morgan fingerprint density at radius 2 is 1.79 bits per heavy atom. The molecule has 1 atom stereocenters. The number of carbonyl (C=O) groups excluding carboxylic acids is 1. The number of benzene rings is 1. The van der Waals surface area contributed by atoms with Crippen LogP contribution in [0.2, 0.25) is 0 Å². The zero-order valence-corrected chi connectivity index (χ0v) is 15.4. The third kappa shape index (κ3) is 4.34. The van der Waals surface area contributed by atoms with Gasteiger partial charge < -0.3 is 4.90 Å². The Hall–Kier alpha value is -1.45. The Balaban J connectivity index is 2.13. The molecule has 2 rings (SSSR count).